The predicted octanol–water partition coefficient (Wildman–Crippen LogP) is 5.68. The third-order valence-electron chi connectivity index (χ3n) is 5.83. The molecule has 0 amide bonds. The molecule has 3 aromatic rings. The summed E-state index contributed by atoms with van der Waals surface area (Å²) < 4.78 is 5.19. The van der Waals surface area contributed by atoms with E-state index in [2.05, 4.69) is 6.92 Å². The highest BCUT2D eigenvalue weighted by atomic mass is 32.2. The monoisotopic (exact) mass is 424 g/mol. The quantitative estimate of drug-likeness (QED) is 0.290. The molecule has 1 fully saturated rings. The Kier molecular flexibility index (Phi) is 5.08. The van der Waals surface area contributed by atoms with E-state index in [1.54, 1.807) is 18.9 Å². The lowest BCUT2D eigenvalue weighted by Crippen LogP contribution is -2.09. The fourth-order valence-electron chi connectivity index (χ4n) is 3.95. The molecular formula is C23H24N2O2S2. The summed E-state index contributed by atoms with van der Waals surface area (Å²) in [5, 5.41) is 2.22. The number of aromatic nitrogens is 2. The number of benzene rings is 1. The molecule has 0 N–H and O–H groups in total. The molecule has 1 saturated carbocycles. The second-order valence-electron chi connectivity index (χ2n) is 8.13. The number of rotatable bonds is 6. The fourth-order valence-corrected chi connectivity index (χ4v) is 6.36. The van der Waals surface area contributed by atoms with E-state index in [9.17, 15) is 4.79 Å². The molecule has 0 bridgehead atoms. The van der Waals surface area contributed by atoms with E-state index in [0.717, 1.165) is 40.2 Å². The number of methoxy groups -OCH3 is 1. The van der Waals surface area contributed by atoms with Crippen LogP contribution in [-0.4, -0.2) is 28.6 Å². The average molecular weight is 425 g/mol. The number of fused-ring (bicyclic) bond motifs is 3. The highest BCUT2D eigenvalue weighted by Gasteiger charge is 2.30. The highest BCUT2D eigenvalue weighted by Crippen LogP contribution is 2.44. The minimum atomic E-state index is 0.120. The minimum absolute atomic E-state index is 0.120. The SMILES string of the molecule is COc1ccc(C(=O)CSc2nc(C3CC3)nc3sc4c(c23)CC[C@H](C)C4)cc1. The summed E-state index contributed by atoms with van der Waals surface area (Å²) >= 11 is 3.42. The molecule has 1 atom stereocenters. The van der Waals surface area contributed by atoms with Crippen LogP contribution in [0.2, 0.25) is 0 Å². The number of Topliss-reactive ketones (excluding diaryl/α,β-unsaturated/α-hetero) is 1. The van der Waals surface area contributed by atoms with Crippen LogP contribution in [0.1, 0.15) is 58.7 Å². The normalized spacial score (nSPS) is 18.6. The number of ketones is 1. The van der Waals surface area contributed by atoms with Crippen molar-refractivity contribution in [2.24, 2.45) is 5.92 Å². The lowest BCUT2D eigenvalue weighted by atomic mass is 9.89. The lowest BCUT2D eigenvalue weighted by molar-refractivity contribution is 0.102. The molecule has 2 aliphatic rings. The van der Waals surface area contributed by atoms with Gasteiger partial charge >= 0.3 is 0 Å². The number of nitrogens with zero attached hydrogens (tertiary/aromatic N) is 2. The summed E-state index contributed by atoms with van der Waals surface area (Å²) in [5.74, 6) is 3.50. The van der Waals surface area contributed by atoms with E-state index < -0.39 is 0 Å². The van der Waals surface area contributed by atoms with Gasteiger partial charge in [-0.15, -0.1) is 11.3 Å². The van der Waals surface area contributed by atoms with Gasteiger partial charge in [0, 0.05) is 21.7 Å². The van der Waals surface area contributed by atoms with Gasteiger partial charge in [-0.2, -0.15) is 0 Å². The van der Waals surface area contributed by atoms with Crippen LogP contribution in [0.3, 0.4) is 0 Å². The van der Waals surface area contributed by atoms with Crippen LogP contribution in [-0.2, 0) is 12.8 Å². The van der Waals surface area contributed by atoms with Gasteiger partial charge < -0.3 is 4.74 Å². The largest absolute Gasteiger partial charge is 0.497 e. The summed E-state index contributed by atoms with van der Waals surface area (Å²) in [4.78, 5) is 25.2. The zero-order valence-electron chi connectivity index (χ0n) is 16.7. The number of carbonyl (C=O) groups excluding carboxylic acids is 1. The van der Waals surface area contributed by atoms with Crippen molar-refractivity contribution in [2.45, 2.75) is 50.0 Å². The van der Waals surface area contributed by atoms with Crippen molar-refractivity contribution in [3.8, 4) is 5.75 Å². The summed E-state index contributed by atoms with van der Waals surface area (Å²) in [7, 11) is 1.63. The molecule has 29 heavy (non-hydrogen) atoms. The van der Waals surface area contributed by atoms with Gasteiger partial charge in [-0.3, -0.25) is 4.79 Å². The number of ether oxygens (including phenoxy) is 1. The van der Waals surface area contributed by atoms with Crippen molar-refractivity contribution in [1.29, 1.82) is 0 Å². The Morgan fingerprint density at radius 1 is 1.21 bits per heavy atom. The second-order valence-corrected chi connectivity index (χ2v) is 10.2. The van der Waals surface area contributed by atoms with Crippen molar-refractivity contribution in [2.75, 3.05) is 12.9 Å². The topological polar surface area (TPSA) is 52.1 Å². The third-order valence-corrected chi connectivity index (χ3v) is 7.96. The molecule has 5 rings (SSSR count). The molecule has 2 aliphatic carbocycles. The van der Waals surface area contributed by atoms with Crippen molar-refractivity contribution >= 4 is 39.1 Å². The van der Waals surface area contributed by atoms with E-state index in [1.807, 2.05) is 35.6 Å². The molecule has 4 nitrogen and oxygen atoms in total. The molecule has 1 aromatic carbocycles. The zero-order valence-corrected chi connectivity index (χ0v) is 18.4. The van der Waals surface area contributed by atoms with Crippen LogP contribution < -0.4 is 4.74 Å². The summed E-state index contributed by atoms with van der Waals surface area (Å²) in [6.07, 6.45) is 5.83. The zero-order chi connectivity index (χ0) is 20.0. The van der Waals surface area contributed by atoms with Crippen molar-refractivity contribution < 1.29 is 9.53 Å². The van der Waals surface area contributed by atoms with Gasteiger partial charge in [-0.05, 0) is 67.9 Å². The summed E-state index contributed by atoms with van der Waals surface area (Å²) in [6.45, 7) is 2.33. The number of carbonyl (C=O) groups is 1. The maximum absolute atomic E-state index is 12.8. The van der Waals surface area contributed by atoms with E-state index in [4.69, 9.17) is 14.7 Å². The molecule has 6 heteroatoms. The Balaban J connectivity index is 1.45. The molecular weight excluding hydrogens is 400 g/mol. The van der Waals surface area contributed by atoms with E-state index >= 15 is 0 Å². The Hall–Kier alpha value is -1.92. The third kappa shape index (κ3) is 3.80. The Labute approximate surface area is 179 Å². The fraction of sp³-hybridized carbons (Fsp3) is 0.435. The number of hydrogen-bond donors (Lipinski definition) is 0. The Bertz CT molecular complexity index is 1070. The molecule has 2 heterocycles. The first kappa shape index (κ1) is 19.1. The molecule has 0 radical (unpaired) electrons. The van der Waals surface area contributed by atoms with Gasteiger partial charge in [0.1, 0.15) is 21.4 Å². The van der Waals surface area contributed by atoms with E-state index in [0.29, 0.717) is 17.2 Å². The molecule has 0 saturated heterocycles. The second kappa shape index (κ2) is 7.73. The lowest BCUT2D eigenvalue weighted by Gasteiger charge is -2.18. The Morgan fingerprint density at radius 2 is 2.00 bits per heavy atom. The first-order valence-corrected chi connectivity index (χ1v) is 12.0. The maximum Gasteiger partial charge on any atom is 0.173 e. The van der Waals surface area contributed by atoms with Gasteiger partial charge in [-0.1, -0.05) is 18.7 Å². The molecule has 2 aromatic heterocycles. The van der Waals surface area contributed by atoms with Crippen molar-refractivity contribution in [1.82, 2.24) is 9.97 Å². The number of thiophene rings is 1. The summed E-state index contributed by atoms with van der Waals surface area (Å²) in [5.41, 5.74) is 2.15. The van der Waals surface area contributed by atoms with Gasteiger partial charge in [0.25, 0.3) is 0 Å². The first-order chi connectivity index (χ1) is 14.1. The Morgan fingerprint density at radius 3 is 2.72 bits per heavy atom. The van der Waals surface area contributed by atoms with Crippen LogP contribution in [0.5, 0.6) is 5.75 Å². The van der Waals surface area contributed by atoms with Crippen molar-refractivity contribution in [3.63, 3.8) is 0 Å². The summed E-state index contributed by atoms with van der Waals surface area (Å²) in [6, 6.07) is 7.34. The molecule has 0 aliphatic heterocycles. The predicted molar refractivity (Wildman–Crippen MR) is 119 cm³/mol. The number of aryl methyl sites for hydroxylation is 1. The minimum Gasteiger partial charge on any atom is -0.497 e. The van der Waals surface area contributed by atoms with E-state index in [-0.39, 0.29) is 5.78 Å². The van der Waals surface area contributed by atoms with Crippen LogP contribution in [0.25, 0.3) is 10.2 Å². The first-order valence-electron chi connectivity index (χ1n) is 10.2. The smallest absolute Gasteiger partial charge is 0.173 e. The van der Waals surface area contributed by atoms with Gasteiger partial charge in [-0.25, -0.2) is 9.97 Å². The van der Waals surface area contributed by atoms with Crippen LogP contribution >= 0.6 is 23.1 Å². The van der Waals surface area contributed by atoms with Crippen molar-refractivity contribution in [3.05, 3.63) is 46.1 Å². The van der Waals surface area contributed by atoms with Gasteiger partial charge in [0.15, 0.2) is 5.78 Å². The highest BCUT2D eigenvalue weighted by molar-refractivity contribution is 8.00. The standard InChI is InChI=1S/C23H24N2O2S2/c1-13-3-10-17-19(11-13)29-23-20(17)22(24-21(25-23)15-4-5-15)28-12-18(26)14-6-8-16(27-2)9-7-14/h6-9,13,15H,3-5,10-12H2,1-2H3/t13-/m0/s1. The average Bonchev–Trinajstić information content (AvgIpc) is 3.52. The van der Waals surface area contributed by atoms with Crippen LogP contribution in [0.15, 0.2) is 29.3 Å². The van der Waals surface area contributed by atoms with Crippen LogP contribution in [0.4, 0.5) is 0 Å². The molecule has 0 spiro atoms. The maximum atomic E-state index is 12.8. The number of thioether (sulfide) groups is 1. The molecule has 150 valence electrons. The number of hydrogen-bond acceptors (Lipinski definition) is 6. The van der Waals surface area contributed by atoms with Gasteiger partial charge in [0.2, 0.25) is 0 Å². The van der Waals surface area contributed by atoms with Crippen LogP contribution in [0, 0.1) is 5.92 Å². The van der Waals surface area contributed by atoms with E-state index in [1.165, 1.54) is 35.1 Å². The molecule has 0 unspecified atom stereocenters. The van der Waals surface area contributed by atoms with Gasteiger partial charge in [0.05, 0.1) is 12.9 Å².